The van der Waals surface area contributed by atoms with Crippen LogP contribution in [-0.2, 0) is 0 Å². The first-order valence-electron chi connectivity index (χ1n) is 6.86. The molecule has 0 aromatic rings. The number of hydrogen-bond acceptors (Lipinski definition) is 2. The molecule has 1 heterocycles. The first kappa shape index (κ1) is 14.1. The van der Waals surface area contributed by atoms with Crippen molar-refractivity contribution in [2.45, 2.75) is 57.3 Å². The molecular formula is C13H23F3N2. The van der Waals surface area contributed by atoms with Gasteiger partial charge in [-0.3, -0.25) is 4.90 Å². The summed E-state index contributed by atoms with van der Waals surface area (Å²) in [4.78, 5) is 2.22. The van der Waals surface area contributed by atoms with Crippen molar-refractivity contribution in [3.63, 3.8) is 0 Å². The molecule has 2 aliphatic rings. The van der Waals surface area contributed by atoms with Crippen molar-refractivity contribution >= 4 is 0 Å². The van der Waals surface area contributed by atoms with E-state index >= 15 is 0 Å². The molecular weight excluding hydrogens is 241 g/mol. The van der Waals surface area contributed by atoms with Gasteiger partial charge in [-0.05, 0) is 45.6 Å². The van der Waals surface area contributed by atoms with Gasteiger partial charge in [0.1, 0.15) is 0 Å². The molecule has 0 bridgehead atoms. The topological polar surface area (TPSA) is 15.3 Å². The Hall–Kier alpha value is -0.290. The van der Waals surface area contributed by atoms with Crippen LogP contribution in [0.4, 0.5) is 13.2 Å². The molecule has 0 amide bonds. The van der Waals surface area contributed by atoms with Crippen LogP contribution in [0.5, 0.6) is 0 Å². The Morgan fingerprint density at radius 2 is 2.00 bits per heavy atom. The van der Waals surface area contributed by atoms with Crippen molar-refractivity contribution < 1.29 is 13.2 Å². The summed E-state index contributed by atoms with van der Waals surface area (Å²) < 4.78 is 36.5. The average molecular weight is 264 g/mol. The van der Waals surface area contributed by atoms with Gasteiger partial charge in [0.05, 0.1) is 0 Å². The molecule has 0 radical (unpaired) electrons. The summed E-state index contributed by atoms with van der Waals surface area (Å²) in [5.74, 6) is 0.718. The van der Waals surface area contributed by atoms with Gasteiger partial charge in [-0.25, -0.2) is 0 Å². The van der Waals surface area contributed by atoms with Gasteiger partial charge in [-0.1, -0.05) is 0 Å². The normalized spacial score (nSPS) is 34.8. The summed E-state index contributed by atoms with van der Waals surface area (Å²) in [6.07, 6.45) is -1.95. The molecule has 1 N–H and O–H groups in total. The second-order valence-corrected chi connectivity index (χ2v) is 6.11. The molecule has 0 aromatic heterocycles. The number of piperazine rings is 1. The monoisotopic (exact) mass is 264 g/mol. The first-order chi connectivity index (χ1) is 8.30. The summed E-state index contributed by atoms with van der Waals surface area (Å²) in [5.41, 5.74) is 0.116. The standard InChI is InChI=1S/C13H23F3N2/c1-10-8-17-12(2,11-4-5-11)9-18(10)7-3-6-13(14,15)16/h10-11,17H,3-9H2,1-2H3. The highest BCUT2D eigenvalue weighted by molar-refractivity contribution is 5.03. The van der Waals surface area contributed by atoms with Crippen molar-refractivity contribution in [1.29, 1.82) is 0 Å². The van der Waals surface area contributed by atoms with Gasteiger partial charge in [-0.15, -0.1) is 0 Å². The Bertz CT molecular complexity index is 288. The maximum absolute atomic E-state index is 12.2. The van der Waals surface area contributed by atoms with Gasteiger partial charge in [-0.2, -0.15) is 13.2 Å². The third kappa shape index (κ3) is 3.60. The highest BCUT2D eigenvalue weighted by Crippen LogP contribution is 2.41. The Kier molecular flexibility index (Phi) is 3.93. The van der Waals surface area contributed by atoms with Crippen LogP contribution in [0.25, 0.3) is 0 Å². The van der Waals surface area contributed by atoms with Gasteiger partial charge in [0.2, 0.25) is 0 Å². The van der Waals surface area contributed by atoms with E-state index in [2.05, 4.69) is 24.1 Å². The van der Waals surface area contributed by atoms with E-state index < -0.39 is 12.6 Å². The highest BCUT2D eigenvalue weighted by Gasteiger charge is 2.45. The number of alkyl halides is 3. The largest absolute Gasteiger partial charge is 0.389 e. The second kappa shape index (κ2) is 5.00. The fraction of sp³-hybridized carbons (Fsp3) is 1.00. The lowest BCUT2D eigenvalue weighted by atomic mass is 9.91. The predicted molar refractivity (Wildman–Crippen MR) is 65.5 cm³/mol. The Morgan fingerprint density at radius 1 is 1.33 bits per heavy atom. The molecule has 2 unspecified atom stereocenters. The van der Waals surface area contributed by atoms with E-state index in [1.807, 2.05) is 0 Å². The molecule has 5 heteroatoms. The Balaban J connectivity index is 1.82. The number of halogens is 3. The van der Waals surface area contributed by atoms with Crippen LogP contribution in [0.2, 0.25) is 0 Å². The fourth-order valence-corrected chi connectivity index (χ4v) is 2.92. The van der Waals surface area contributed by atoms with E-state index in [9.17, 15) is 13.2 Å². The van der Waals surface area contributed by atoms with Crippen LogP contribution in [-0.4, -0.2) is 42.3 Å². The quantitative estimate of drug-likeness (QED) is 0.840. The number of nitrogens with zero attached hydrogens (tertiary/aromatic N) is 1. The van der Waals surface area contributed by atoms with E-state index in [4.69, 9.17) is 0 Å². The van der Waals surface area contributed by atoms with Crippen LogP contribution in [0.1, 0.15) is 39.5 Å². The molecule has 2 atom stereocenters. The van der Waals surface area contributed by atoms with E-state index in [1.54, 1.807) is 0 Å². The second-order valence-electron chi connectivity index (χ2n) is 6.11. The Morgan fingerprint density at radius 3 is 2.56 bits per heavy atom. The van der Waals surface area contributed by atoms with Crippen LogP contribution in [0.15, 0.2) is 0 Å². The molecule has 18 heavy (non-hydrogen) atoms. The molecule has 106 valence electrons. The number of nitrogens with one attached hydrogen (secondary N) is 1. The van der Waals surface area contributed by atoms with E-state index in [0.717, 1.165) is 19.0 Å². The summed E-state index contributed by atoms with van der Waals surface area (Å²) in [6, 6.07) is 0.338. The lowest BCUT2D eigenvalue weighted by molar-refractivity contribution is -0.136. The summed E-state index contributed by atoms with van der Waals surface area (Å²) in [7, 11) is 0. The van der Waals surface area contributed by atoms with Crippen molar-refractivity contribution in [3.8, 4) is 0 Å². The van der Waals surface area contributed by atoms with Crippen LogP contribution in [0, 0.1) is 5.92 Å². The van der Waals surface area contributed by atoms with Crippen LogP contribution in [0.3, 0.4) is 0 Å². The van der Waals surface area contributed by atoms with Crippen molar-refractivity contribution in [1.82, 2.24) is 10.2 Å². The van der Waals surface area contributed by atoms with Gasteiger partial charge in [0.25, 0.3) is 0 Å². The smallest absolute Gasteiger partial charge is 0.308 e. The minimum absolute atomic E-state index is 0.116. The third-order valence-corrected chi connectivity index (χ3v) is 4.34. The van der Waals surface area contributed by atoms with Crippen LogP contribution < -0.4 is 5.32 Å². The zero-order valence-electron chi connectivity index (χ0n) is 11.2. The average Bonchev–Trinajstić information content (AvgIpc) is 3.05. The van der Waals surface area contributed by atoms with Crippen molar-refractivity contribution in [3.05, 3.63) is 0 Å². The number of hydrogen-bond donors (Lipinski definition) is 1. The van der Waals surface area contributed by atoms with Gasteiger partial charge in [0.15, 0.2) is 0 Å². The zero-order valence-corrected chi connectivity index (χ0v) is 11.2. The molecule has 1 saturated carbocycles. The van der Waals surface area contributed by atoms with E-state index in [-0.39, 0.29) is 12.0 Å². The van der Waals surface area contributed by atoms with Crippen molar-refractivity contribution in [2.75, 3.05) is 19.6 Å². The molecule has 2 rings (SSSR count). The van der Waals surface area contributed by atoms with E-state index in [1.165, 1.54) is 12.8 Å². The fourth-order valence-electron chi connectivity index (χ4n) is 2.92. The lowest BCUT2D eigenvalue weighted by Gasteiger charge is -2.45. The number of rotatable bonds is 4. The highest BCUT2D eigenvalue weighted by atomic mass is 19.4. The SMILES string of the molecule is CC1CNC(C)(C2CC2)CN1CCCC(F)(F)F. The molecule has 1 aliphatic carbocycles. The Labute approximate surface area is 107 Å². The summed E-state index contributed by atoms with van der Waals surface area (Å²) in [5, 5.41) is 3.58. The molecule has 2 nitrogen and oxygen atoms in total. The zero-order chi connectivity index (χ0) is 13.4. The van der Waals surface area contributed by atoms with Gasteiger partial charge >= 0.3 is 6.18 Å². The summed E-state index contributed by atoms with van der Waals surface area (Å²) >= 11 is 0. The van der Waals surface area contributed by atoms with Gasteiger partial charge in [0, 0.05) is 31.1 Å². The molecule has 1 aliphatic heterocycles. The molecule has 0 aromatic carbocycles. The minimum Gasteiger partial charge on any atom is -0.308 e. The molecule has 1 saturated heterocycles. The first-order valence-corrected chi connectivity index (χ1v) is 6.86. The van der Waals surface area contributed by atoms with Crippen LogP contribution >= 0.6 is 0 Å². The van der Waals surface area contributed by atoms with E-state index in [0.29, 0.717) is 12.6 Å². The maximum Gasteiger partial charge on any atom is 0.389 e. The summed E-state index contributed by atoms with van der Waals surface area (Å²) in [6.45, 7) is 6.64. The van der Waals surface area contributed by atoms with Crippen molar-refractivity contribution in [2.24, 2.45) is 5.92 Å². The predicted octanol–water partition coefficient (Wildman–Crippen LogP) is 2.79. The molecule has 2 fully saturated rings. The van der Waals surface area contributed by atoms with Gasteiger partial charge < -0.3 is 5.32 Å². The lowest BCUT2D eigenvalue weighted by Crippen LogP contribution is -2.63. The minimum atomic E-state index is -4.02. The maximum atomic E-state index is 12.2. The third-order valence-electron chi connectivity index (χ3n) is 4.34. The molecule has 0 spiro atoms.